The SMILES string of the molecule is CC[C@@H](C)NC(=O)COC(=O)CCS(=O)(=O)c1ccc(C)cc1. The molecule has 0 spiro atoms. The summed E-state index contributed by atoms with van der Waals surface area (Å²) in [5.41, 5.74) is 0.954. The lowest BCUT2D eigenvalue weighted by Gasteiger charge is -2.11. The minimum Gasteiger partial charge on any atom is -0.456 e. The van der Waals surface area contributed by atoms with Crippen LogP contribution in [0.5, 0.6) is 0 Å². The van der Waals surface area contributed by atoms with Crippen molar-refractivity contribution in [2.75, 3.05) is 12.4 Å². The normalized spacial score (nSPS) is 12.5. The molecule has 0 unspecified atom stereocenters. The zero-order valence-corrected chi connectivity index (χ0v) is 14.5. The van der Waals surface area contributed by atoms with Crippen molar-refractivity contribution in [3.8, 4) is 0 Å². The Hall–Kier alpha value is -1.89. The molecule has 0 aromatic heterocycles. The molecule has 0 bridgehead atoms. The van der Waals surface area contributed by atoms with Crippen LogP contribution in [-0.4, -0.2) is 38.7 Å². The monoisotopic (exact) mass is 341 g/mol. The summed E-state index contributed by atoms with van der Waals surface area (Å²) >= 11 is 0. The van der Waals surface area contributed by atoms with E-state index in [4.69, 9.17) is 4.74 Å². The quantitative estimate of drug-likeness (QED) is 0.726. The van der Waals surface area contributed by atoms with E-state index in [9.17, 15) is 18.0 Å². The number of carbonyl (C=O) groups is 2. The average Bonchev–Trinajstić information content (AvgIpc) is 2.51. The molecule has 0 aliphatic rings. The van der Waals surface area contributed by atoms with E-state index in [1.165, 1.54) is 12.1 Å². The van der Waals surface area contributed by atoms with Crippen LogP contribution in [0.1, 0.15) is 32.3 Å². The molecule has 128 valence electrons. The predicted octanol–water partition coefficient (Wildman–Crippen LogP) is 1.62. The van der Waals surface area contributed by atoms with Crippen molar-refractivity contribution in [1.29, 1.82) is 0 Å². The van der Waals surface area contributed by atoms with Gasteiger partial charge in [0.05, 0.1) is 17.1 Å². The molecule has 6 nitrogen and oxygen atoms in total. The molecular formula is C16H23NO5S. The van der Waals surface area contributed by atoms with Gasteiger partial charge in [0.25, 0.3) is 5.91 Å². The molecule has 0 aliphatic carbocycles. The van der Waals surface area contributed by atoms with Crippen LogP contribution in [0.4, 0.5) is 0 Å². The van der Waals surface area contributed by atoms with Crippen LogP contribution >= 0.6 is 0 Å². The third-order valence-corrected chi connectivity index (χ3v) is 5.07. The van der Waals surface area contributed by atoms with Crippen LogP contribution in [0.2, 0.25) is 0 Å². The first kappa shape index (κ1) is 19.2. The van der Waals surface area contributed by atoms with Crippen LogP contribution in [-0.2, 0) is 24.2 Å². The lowest BCUT2D eigenvalue weighted by molar-refractivity contribution is -0.148. The van der Waals surface area contributed by atoms with Gasteiger partial charge in [-0.25, -0.2) is 8.42 Å². The highest BCUT2D eigenvalue weighted by Crippen LogP contribution is 2.13. The average molecular weight is 341 g/mol. The van der Waals surface area contributed by atoms with Crippen LogP contribution in [0.25, 0.3) is 0 Å². The highest BCUT2D eigenvalue weighted by molar-refractivity contribution is 7.91. The third kappa shape index (κ3) is 6.81. The number of rotatable bonds is 8. The van der Waals surface area contributed by atoms with Gasteiger partial charge >= 0.3 is 5.97 Å². The smallest absolute Gasteiger partial charge is 0.307 e. The minimum atomic E-state index is -3.54. The fourth-order valence-corrected chi connectivity index (χ4v) is 2.94. The number of ether oxygens (including phenoxy) is 1. The first-order valence-electron chi connectivity index (χ1n) is 7.49. The standard InChI is InChI=1S/C16H23NO5S/c1-4-13(3)17-15(18)11-22-16(19)9-10-23(20,21)14-7-5-12(2)6-8-14/h5-8,13H,4,9-11H2,1-3H3,(H,17,18)/t13-/m1/s1. The molecule has 7 heteroatoms. The molecule has 1 amide bonds. The molecule has 0 fully saturated rings. The number of esters is 1. The number of hydrogen-bond acceptors (Lipinski definition) is 5. The fourth-order valence-electron chi connectivity index (χ4n) is 1.72. The third-order valence-electron chi connectivity index (χ3n) is 3.34. The number of nitrogens with one attached hydrogen (secondary N) is 1. The second-order valence-corrected chi connectivity index (χ2v) is 7.53. The van der Waals surface area contributed by atoms with E-state index in [0.29, 0.717) is 0 Å². The van der Waals surface area contributed by atoms with E-state index in [1.807, 2.05) is 20.8 Å². The van der Waals surface area contributed by atoms with E-state index in [1.54, 1.807) is 12.1 Å². The zero-order chi connectivity index (χ0) is 17.5. The Morgan fingerprint density at radius 1 is 1.22 bits per heavy atom. The van der Waals surface area contributed by atoms with Gasteiger partial charge in [-0.3, -0.25) is 9.59 Å². The maximum atomic E-state index is 12.1. The first-order valence-corrected chi connectivity index (χ1v) is 9.14. The maximum absolute atomic E-state index is 12.1. The lowest BCUT2D eigenvalue weighted by atomic mass is 10.2. The van der Waals surface area contributed by atoms with Gasteiger partial charge in [-0.1, -0.05) is 24.6 Å². The molecular weight excluding hydrogens is 318 g/mol. The van der Waals surface area contributed by atoms with Gasteiger partial charge in [0.15, 0.2) is 16.4 Å². The predicted molar refractivity (Wildman–Crippen MR) is 86.7 cm³/mol. The first-order chi connectivity index (χ1) is 10.7. The van der Waals surface area contributed by atoms with Gasteiger partial charge in [-0.15, -0.1) is 0 Å². The van der Waals surface area contributed by atoms with E-state index in [-0.39, 0.29) is 23.1 Å². The van der Waals surface area contributed by atoms with Gasteiger partial charge in [-0.2, -0.15) is 0 Å². The molecule has 0 saturated carbocycles. The summed E-state index contributed by atoms with van der Waals surface area (Å²) in [6.45, 7) is 5.23. The number of benzene rings is 1. The summed E-state index contributed by atoms with van der Waals surface area (Å²) in [7, 11) is -3.54. The Kier molecular flexibility index (Phi) is 7.22. The summed E-state index contributed by atoms with van der Waals surface area (Å²) < 4.78 is 29.0. The summed E-state index contributed by atoms with van der Waals surface area (Å²) in [6, 6.07) is 6.42. The molecule has 1 aromatic carbocycles. The number of hydrogen-bond donors (Lipinski definition) is 1. The highest BCUT2D eigenvalue weighted by atomic mass is 32.2. The van der Waals surface area contributed by atoms with Crippen molar-refractivity contribution in [3.05, 3.63) is 29.8 Å². The Labute approximate surface area is 137 Å². The molecule has 1 aromatic rings. The van der Waals surface area contributed by atoms with Gasteiger partial charge < -0.3 is 10.1 Å². The molecule has 0 aliphatic heterocycles. The van der Waals surface area contributed by atoms with Crippen molar-refractivity contribution in [1.82, 2.24) is 5.32 Å². The number of amides is 1. The molecule has 0 saturated heterocycles. The van der Waals surface area contributed by atoms with E-state index >= 15 is 0 Å². The number of aryl methyl sites for hydroxylation is 1. The van der Waals surface area contributed by atoms with Gasteiger partial charge in [0, 0.05) is 6.04 Å². The molecule has 1 rings (SSSR count). The van der Waals surface area contributed by atoms with Crippen LogP contribution < -0.4 is 5.32 Å². The number of carbonyl (C=O) groups excluding carboxylic acids is 2. The van der Waals surface area contributed by atoms with Gasteiger partial charge in [0.1, 0.15) is 0 Å². The maximum Gasteiger partial charge on any atom is 0.307 e. The second-order valence-electron chi connectivity index (χ2n) is 5.42. The van der Waals surface area contributed by atoms with Crippen LogP contribution in [0, 0.1) is 6.92 Å². The zero-order valence-electron chi connectivity index (χ0n) is 13.7. The van der Waals surface area contributed by atoms with Gasteiger partial charge in [0.2, 0.25) is 0 Å². The van der Waals surface area contributed by atoms with Crippen molar-refractivity contribution >= 4 is 21.7 Å². The second kappa shape index (κ2) is 8.67. The Morgan fingerprint density at radius 3 is 2.39 bits per heavy atom. The van der Waals surface area contributed by atoms with Gasteiger partial charge in [-0.05, 0) is 32.4 Å². The molecule has 1 atom stereocenters. The fraction of sp³-hybridized carbons (Fsp3) is 0.500. The Bertz CT molecular complexity index is 637. The summed E-state index contributed by atoms with van der Waals surface area (Å²) in [4.78, 5) is 23.2. The summed E-state index contributed by atoms with van der Waals surface area (Å²) in [5, 5.41) is 2.65. The van der Waals surface area contributed by atoms with E-state index in [2.05, 4.69) is 5.32 Å². The van der Waals surface area contributed by atoms with Crippen molar-refractivity contribution in [2.24, 2.45) is 0 Å². The van der Waals surface area contributed by atoms with E-state index in [0.717, 1.165) is 12.0 Å². The Balaban J connectivity index is 2.43. The summed E-state index contributed by atoms with van der Waals surface area (Å²) in [6.07, 6.45) is 0.487. The van der Waals surface area contributed by atoms with Crippen LogP contribution in [0.15, 0.2) is 29.2 Å². The minimum absolute atomic E-state index is 0.00289. The highest BCUT2D eigenvalue weighted by Gasteiger charge is 2.17. The summed E-state index contributed by atoms with van der Waals surface area (Å²) in [5.74, 6) is -1.45. The molecule has 23 heavy (non-hydrogen) atoms. The topological polar surface area (TPSA) is 89.5 Å². The van der Waals surface area contributed by atoms with E-state index < -0.39 is 28.3 Å². The van der Waals surface area contributed by atoms with Crippen molar-refractivity contribution in [3.63, 3.8) is 0 Å². The molecule has 0 heterocycles. The van der Waals surface area contributed by atoms with Crippen molar-refractivity contribution in [2.45, 2.75) is 44.6 Å². The van der Waals surface area contributed by atoms with Crippen LogP contribution in [0.3, 0.4) is 0 Å². The lowest BCUT2D eigenvalue weighted by Crippen LogP contribution is -2.35. The molecule has 0 radical (unpaired) electrons. The number of sulfone groups is 1. The largest absolute Gasteiger partial charge is 0.456 e. The van der Waals surface area contributed by atoms with Crippen molar-refractivity contribution < 1.29 is 22.7 Å². The molecule has 1 N–H and O–H groups in total. The Morgan fingerprint density at radius 2 is 1.83 bits per heavy atom.